The van der Waals surface area contributed by atoms with Crippen LogP contribution in [0.5, 0.6) is 0 Å². The maximum absolute atomic E-state index is 11.3. The smallest absolute Gasteiger partial charge is 0.450 e. The summed E-state index contributed by atoms with van der Waals surface area (Å²) in [7, 11) is -3.22. The van der Waals surface area contributed by atoms with Gasteiger partial charge in [0.05, 0.1) is 19.8 Å². The van der Waals surface area contributed by atoms with E-state index in [0.29, 0.717) is 19.8 Å². The van der Waals surface area contributed by atoms with Gasteiger partial charge in [0.2, 0.25) is 0 Å². The molecule has 0 aliphatic heterocycles. The van der Waals surface area contributed by atoms with Gasteiger partial charge in [-0.3, -0.25) is 13.6 Å². The highest BCUT2D eigenvalue weighted by Gasteiger charge is 2.23. The number of rotatable bonds is 6. The second-order valence-electron chi connectivity index (χ2n) is 2.39. The third-order valence-electron chi connectivity index (χ3n) is 0.862. The molecule has 0 aliphatic rings. The Morgan fingerprint density at radius 2 is 1.28 bits per heavy atom. The molecule has 0 atom stereocenters. The Kier molecular flexibility index (Phi) is 20.0. The van der Waals surface area contributed by atoms with E-state index in [1.54, 1.807) is 26.8 Å². The van der Waals surface area contributed by atoms with Crippen molar-refractivity contribution in [1.29, 1.82) is 0 Å². The fourth-order valence-corrected chi connectivity index (χ4v) is 1.76. The summed E-state index contributed by atoms with van der Waals surface area (Å²) in [4.78, 5) is 8.56. The summed E-state index contributed by atoms with van der Waals surface area (Å²) in [5.74, 6) is 0. The van der Waals surface area contributed by atoms with Crippen LogP contribution in [0.2, 0.25) is 0 Å². The maximum atomic E-state index is 11.3. The van der Waals surface area contributed by atoms with Gasteiger partial charge < -0.3 is 10.2 Å². The average molecular weight is 286 g/mol. The van der Waals surface area contributed by atoms with Gasteiger partial charge in [0.1, 0.15) is 0 Å². The Hall–Kier alpha value is -0.880. The van der Waals surface area contributed by atoms with E-state index in [1.165, 1.54) is 0 Å². The van der Waals surface area contributed by atoms with Crippen LogP contribution in [0.3, 0.4) is 0 Å². The first-order valence-corrected chi connectivity index (χ1v) is 6.82. The molecule has 2 N–H and O–H groups in total. The molecule has 18 heavy (non-hydrogen) atoms. The molecule has 0 spiro atoms. The number of hydrogen-bond donors (Lipinski definition) is 2. The fourth-order valence-electron chi connectivity index (χ4n) is 0.586. The number of allylic oxidation sites excluding steroid dienone is 1. The lowest BCUT2D eigenvalue weighted by atomic mass is 10.8. The van der Waals surface area contributed by atoms with Crippen molar-refractivity contribution < 1.29 is 33.1 Å². The first kappa shape index (κ1) is 22.3. The zero-order chi connectivity index (χ0) is 15.0. The van der Waals surface area contributed by atoms with E-state index in [9.17, 15) is 4.57 Å². The first-order chi connectivity index (χ1) is 8.33. The lowest BCUT2D eigenvalue weighted by Crippen LogP contribution is -1.99. The first-order valence-electron chi connectivity index (χ1n) is 5.35. The van der Waals surface area contributed by atoms with Gasteiger partial charge in [-0.05, 0) is 27.7 Å². The molecular weight excluding hydrogens is 263 g/mol. The summed E-state index contributed by atoms with van der Waals surface area (Å²) in [5, 5.41) is 13.9. The van der Waals surface area contributed by atoms with Gasteiger partial charge in [-0.1, -0.05) is 6.08 Å². The Labute approximate surface area is 108 Å². The predicted molar refractivity (Wildman–Crippen MR) is 69.0 cm³/mol. The normalized spacial score (nSPS) is 9.33. The van der Waals surface area contributed by atoms with E-state index in [1.807, 2.05) is 6.92 Å². The van der Waals surface area contributed by atoms with E-state index in [0.717, 1.165) is 0 Å². The Morgan fingerprint density at radius 3 is 1.39 bits per heavy atom. The number of phosphoric acid groups is 1. The van der Waals surface area contributed by atoms with E-state index in [-0.39, 0.29) is 0 Å². The fraction of sp³-hybridized carbons (Fsp3) is 0.700. The van der Waals surface area contributed by atoms with Gasteiger partial charge in [0.15, 0.2) is 0 Å². The summed E-state index contributed by atoms with van der Waals surface area (Å²) in [6.45, 7) is 11.5. The van der Waals surface area contributed by atoms with Crippen molar-refractivity contribution in [2.45, 2.75) is 27.7 Å². The SMILES string of the molecule is C=CC.CCOP(=O)(OCC)OCC.O=C(O)O. The highest BCUT2D eigenvalue weighted by Crippen LogP contribution is 2.48. The quantitative estimate of drug-likeness (QED) is 0.567. The zero-order valence-electron chi connectivity index (χ0n) is 11.3. The predicted octanol–water partition coefficient (Wildman–Crippen LogP) is 3.62. The summed E-state index contributed by atoms with van der Waals surface area (Å²) < 4.78 is 25.8. The molecule has 0 radical (unpaired) electrons. The molecule has 0 heterocycles. The molecule has 0 aromatic rings. The number of carbonyl (C=O) groups is 1. The van der Waals surface area contributed by atoms with Crippen molar-refractivity contribution in [3.63, 3.8) is 0 Å². The van der Waals surface area contributed by atoms with E-state index in [2.05, 4.69) is 6.58 Å². The summed E-state index contributed by atoms with van der Waals surface area (Å²) >= 11 is 0. The zero-order valence-corrected chi connectivity index (χ0v) is 12.2. The van der Waals surface area contributed by atoms with Gasteiger partial charge in [-0.15, -0.1) is 6.58 Å². The molecular formula is C10H23O7P. The van der Waals surface area contributed by atoms with Gasteiger partial charge in [0.25, 0.3) is 0 Å². The molecule has 8 heteroatoms. The minimum atomic E-state index is -3.22. The number of carboxylic acid groups (broad SMARTS) is 2. The van der Waals surface area contributed by atoms with Gasteiger partial charge in [-0.2, -0.15) is 0 Å². The molecule has 0 bridgehead atoms. The summed E-state index contributed by atoms with van der Waals surface area (Å²) in [5.41, 5.74) is 0. The molecule has 0 saturated carbocycles. The van der Waals surface area contributed by atoms with Crippen LogP contribution in [-0.2, 0) is 18.1 Å². The lowest BCUT2D eigenvalue weighted by Gasteiger charge is -2.14. The molecule has 0 unspecified atom stereocenters. The van der Waals surface area contributed by atoms with E-state index >= 15 is 0 Å². The van der Waals surface area contributed by atoms with E-state index in [4.69, 9.17) is 28.6 Å². The van der Waals surface area contributed by atoms with Crippen molar-refractivity contribution in [3.8, 4) is 0 Å². The maximum Gasteiger partial charge on any atom is 0.503 e. The van der Waals surface area contributed by atoms with Gasteiger partial charge >= 0.3 is 14.0 Å². The second kappa shape index (κ2) is 16.1. The van der Waals surface area contributed by atoms with Crippen molar-refractivity contribution in [1.82, 2.24) is 0 Å². The lowest BCUT2D eigenvalue weighted by molar-refractivity contribution is 0.126. The number of phosphoric ester groups is 1. The average Bonchev–Trinajstić information content (AvgIpc) is 2.18. The van der Waals surface area contributed by atoms with Crippen LogP contribution in [-0.4, -0.2) is 36.2 Å². The van der Waals surface area contributed by atoms with Crippen molar-refractivity contribution in [3.05, 3.63) is 12.7 Å². The third-order valence-corrected chi connectivity index (χ3v) is 2.58. The minimum absolute atomic E-state index is 0.331. The Bertz CT molecular complexity index is 215. The molecule has 7 nitrogen and oxygen atoms in total. The van der Waals surface area contributed by atoms with Crippen molar-refractivity contribution in [2.75, 3.05) is 19.8 Å². The summed E-state index contributed by atoms with van der Waals surface area (Å²) in [6, 6.07) is 0. The topological polar surface area (TPSA) is 102 Å². The molecule has 0 aromatic heterocycles. The Balaban J connectivity index is -0.000000266. The molecule has 110 valence electrons. The van der Waals surface area contributed by atoms with E-state index < -0.39 is 14.0 Å². The van der Waals surface area contributed by atoms with Crippen molar-refractivity contribution in [2.24, 2.45) is 0 Å². The second-order valence-corrected chi connectivity index (χ2v) is 4.06. The molecule has 0 fully saturated rings. The summed E-state index contributed by atoms with van der Waals surface area (Å²) in [6.07, 6.45) is -0.0833. The third kappa shape index (κ3) is 24.4. The molecule has 0 amide bonds. The van der Waals surface area contributed by atoms with Crippen molar-refractivity contribution >= 4 is 14.0 Å². The highest BCUT2D eigenvalue weighted by atomic mass is 31.2. The Morgan fingerprint density at radius 1 is 1.11 bits per heavy atom. The van der Waals surface area contributed by atoms with Crippen LogP contribution in [0.4, 0.5) is 4.79 Å². The van der Waals surface area contributed by atoms with Crippen LogP contribution in [0.15, 0.2) is 12.7 Å². The number of hydrogen-bond acceptors (Lipinski definition) is 5. The molecule has 0 rings (SSSR count). The highest BCUT2D eigenvalue weighted by molar-refractivity contribution is 7.48. The van der Waals surface area contributed by atoms with Gasteiger partial charge in [0, 0.05) is 0 Å². The van der Waals surface area contributed by atoms with Crippen LogP contribution >= 0.6 is 7.82 Å². The molecule has 0 aliphatic carbocycles. The van der Waals surface area contributed by atoms with Crippen LogP contribution in [0.1, 0.15) is 27.7 Å². The van der Waals surface area contributed by atoms with Crippen LogP contribution in [0.25, 0.3) is 0 Å². The molecule has 0 aromatic carbocycles. The largest absolute Gasteiger partial charge is 0.503 e. The molecule has 0 saturated heterocycles. The van der Waals surface area contributed by atoms with Crippen LogP contribution in [0, 0.1) is 0 Å². The monoisotopic (exact) mass is 286 g/mol. The van der Waals surface area contributed by atoms with Gasteiger partial charge in [-0.25, -0.2) is 9.36 Å². The van der Waals surface area contributed by atoms with Crippen LogP contribution < -0.4 is 0 Å². The minimum Gasteiger partial charge on any atom is -0.450 e. The standard InChI is InChI=1S/C6H15O4P.C3H6.CH2O3/c1-4-8-11(7,9-5-2)10-6-3;1-3-2;2-1(3)4/h4-6H2,1-3H3;3H,1H2,2H3;(H2,2,3,4).